The monoisotopic (exact) mass is 141 g/mol. The normalized spacial score (nSPS) is 12.0. The van der Waals surface area contributed by atoms with Gasteiger partial charge >= 0.3 is 0 Å². The van der Waals surface area contributed by atoms with Crippen molar-refractivity contribution in [1.82, 2.24) is 0 Å². The van der Waals surface area contributed by atoms with E-state index in [9.17, 15) is 0 Å². The van der Waals surface area contributed by atoms with Crippen molar-refractivity contribution in [2.45, 2.75) is 53.4 Å². The molecule has 0 heteroatoms. The maximum absolute atomic E-state index is 2.45. The fourth-order valence-electron chi connectivity index (χ4n) is 1.49. The molecule has 0 aromatic heterocycles. The molecule has 0 spiro atoms. The lowest BCUT2D eigenvalue weighted by molar-refractivity contribution is 0.331. The first kappa shape index (κ1) is 10.0. The Balaban J connectivity index is 3.69. The summed E-state index contributed by atoms with van der Waals surface area (Å²) < 4.78 is 0. The van der Waals surface area contributed by atoms with E-state index in [1.54, 1.807) is 0 Å². The van der Waals surface area contributed by atoms with Crippen LogP contribution in [-0.4, -0.2) is 0 Å². The van der Waals surface area contributed by atoms with E-state index in [-0.39, 0.29) is 0 Å². The zero-order valence-corrected chi connectivity index (χ0v) is 7.91. The van der Waals surface area contributed by atoms with Crippen LogP contribution in [0.25, 0.3) is 0 Å². The Kier molecular flexibility index (Phi) is 4.76. The summed E-state index contributed by atoms with van der Waals surface area (Å²) in [5.41, 5.74) is 0.517. The maximum atomic E-state index is 2.45. The molecule has 0 saturated heterocycles. The van der Waals surface area contributed by atoms with Crippen LogP contribution < -0.4 is 0 Å². The van der Waals surface area contributed by atoms with Crippen molar-refractivity contribution in [1.29, 1.82) is 0 Å². The molecule has 0 bridgehead atoms. The van der Waals surface area contributed by atoms with E-state index in [2.05, 4.69) is 34.1 Å². The van der Waals surface area contributed by atoms with Gasteiger partial charge in [-0.15, -0.1) is 0 Å². The first-order valence-electron chi connectivity index (χ1n) is 4.53. The first-order valence-corrected chi connectivity index (χ1v) is 4.53. The molecule has 0 heterocycles. The highest BCUT2D eigenvalue weighted by atomic mass is 14.2. The molecule has 10 heavy (non-hydrogen) atoms. The van der Waals surface area contributed by atoms with Crippen molar-refractivity contribution in [3.05, 3.63) is 6.42 Å². The Morgan fingerprint density at radius 2 is 1.80 bits per heavy atom. The standard InChI is InChI=1S/C10H21/c1-5-8-10(4,7-3)9-6-2/h8H,5-7,9H2,1-4H3. The minimum atomic E-state index is 0.517. The lowest BCUT2D eigenvalue weighted by atomic mass is 9.79. The number of hydrogen-bond acceptors (Lipinski definition) is 0. The molecule has 0 saturated carbocycles. The van der Waals surface area contributed by atoms with Gasteiger partial charge in [0.25, 0.3) is 0 Å². The SMILES string of the molecule is CC[CH]C(C)(CC)CCC. The highest BCUT2D eigenvalue weighted by molar-refractivity contribution is 4.85. The minimum absolute atomic E-state index is 0.517. The van der Waals surface area contributed by atoms with Gasteiger partial charge < -0.3 is 0 Å². The van der Waals surface area contributed by atoms with Crippen molar-refractivity contribution in [3.8, 4) is 0 Å². The summed E-state index contributed by atoms with van der Waals surface area (Å²) in [5.74, 6) is 0. The van der Waals surface area contributed by atoms with E-state index in [0.717, 1.165) is 0 Å². The van der Waals surface area contributed by atoms with Gasteiger partial charge in [-0.2, -0.15) is 0 Å². The molecule has 0 rings (SSSR count). The van der Waals surface area contributed by atoms with Gasteiger partial charge in [0.1, 0.15) is 0 Å². The Morgan fingerprint density at radius 3 is 2.10 bits per heavy atom. The molecule has 0 aromatic rings. The van der Waals surface area contributed by atoms with Crippen LogP contribution in [0, 0.1) is 11.8 Å². The smallest absolute Gasteiger partial charge is 0.0298 e. The van der Waals surface area contributed by atoms with Gasteiger partial charge in [-0.3, -0.25) is 0 Å². The van der Waals surface area contributed by atoms with Gasteiger partial charge in [0.05, 0.1) is 0 Å². The van der Waals surface area contributed by atoms with Gasteiger partial charge in [0.15, 0.2) is 0 Å². The fourth-order valence-corrected chi connectivity index (χ4v) is 1.49. The molecule has 61 valence electrons. The lowest BCUT2D eigenvalue weighted by Gasteiger charge is -2.26. The van der Waals surface area contributed by atoms with Crippen LogP contribution in [0.2, 0.25) is 0 Å². The van der Waals surface area contributed by atoms with E-state index in [4.69, 9.17) is 0 Å². The highest BCUT2D eigenvalue weighted by Gasteiger charge is 2.18. The van der Waals surface area contributed by atoms with E-state index in [1.807, 2.05) is 0 Å². The first-order chi connectivity index (χ1) is 4.68. The predicted molar refractivity (Wildman–Crippen MR) is 47.9 cm³/mol. The summed E-state index contributed by atoms with van der Waals surface area (Å²) in [7, 11) is 0. The third-order valence-corrected chi connectivity index (χ3v) is 2.33. The van der Waals surface area contributed by atoms with Gasteiger partial charge in [-0.05, 0) is 18.3 Å². The topological polar surface area (TPSA) is 0 Å². The summed E-state index contributed by atoms with van der Waals surface area (Å²) in [4.78, 5) is 0. The summed E-state index contributed by atoms with van der Waals surface area (Å²) in [6.07, 6.45) is 7.60. The number of hydrogen-bond donors (Lipinski definition) is 0. The van der Waals surface area contributed by atoms with Crippen molar-refractivity contribution in [3.63, 3.8) is 0 Å². The molecule has 0 N–H and O–H groups in total. The zero-order chi connectivity index (χ0) is 8.04. The Hall–Kier alpha value is 0. The van der Waals surface area contributed by atoms with Crippen LogP contribution in [0.4, 0.5) is 0 Å². The molecular formula is C10H21. The summed E-state index contributed by atoms with van der Waals surface area (Å²) in [5, 5.41) is 0. The minimum Gasteiger partial charge on any atom is -0.0654 e. The van der Waals surface area contributed by atoms with Crippen LogP contribution in [0.3, 0.4) is 0 Å². The highest BCUT2D eigenvalue weighted by Crippen LogP contribution is 2.31. The van der Waals surface area contributed by atoms with E-state index in [1.165, 1.54) is 25.7 Å². The van der Waals surface area contributed by atoms with Gasteiger partial charge in [0, 0.05) is 0 Å². The van der Waals surface area contributed by atoms with E-state index in [0.29, 0.717) is 5.41 Å². The molecule has 1 radical (unpaired) electrons. The molecule has 0 amide bonds. The fraction of sp³-hybridized carbons (Fsp3) is 0.900. The van der Waals surface area contributed by atoms with Crippen molar-refractivity contribution >= 4 is 0 Å². The molecule has 1 unspecified atom stereocenters. The predicted octanol–water partition coefficient (Wildman–Crippen LogP) is 3.82. The van der Waals surface area contributed by atoms with E-state index >= 15 is 0 Å². The third-order valence-electron chi connectivity index (χ3n) is 2.33. The molecule has 0 fully saturated rings. The van der Waals surface area contributed by atoms with Crippen LogP contribution in [0.15, 0.2) is 0 Å². The van der Waals surface area contributed by atoms with Crippen molar-refractivity contribution < 1.29 is 0 Å². The zero-order valence-electron chi connectivity index (χ0n) is 7.91. The number of rotatable bonds is 5. The Morgan fingerprint density at radius 1 is 1.20 bits per heavy atom. The largest absolute Gasteiger partial charge is 0.0654 e. The average molecular weight is 141 g/mol. The summed E-state index contributed by atoms with van der Waals surface area (Å²) in [6, 6.07) is 0. The van der Waals surface area contributed by atoms with Crippen LogP contribution in [0.5, 0.6) is 0 Å². The Labute approximate surface area is 66.0 Å². The maximum Gasteiger partial charge on any atom is -0.0298 e. The second kappa shape index (κ2) is 4.76. The van der Waals surface area contributed by atoms with Crippen molar-refractivity contribution in [2.75, 3.05) is 0 Å². The van der Waals surface area contributed by atoms with Gasteiger partial charge in [-0.1, -0.05) is 47.0 Å². The molecular weight excluding hydrogens is 120 g/mol. The van der Waals surface area contributed by atoms with Crippen LogP contribution in [-0.2, 0) is 0 Å². The van der Waals surface area contributed by atoms with Crippen molar-refractivity contribution in [2.24, 2.45) is 5.41 Å². The third kappa shape index (κ3) is 3.24. The summed E-state index contributed by atoms with van der Waals surface area (Å²) >= 11 is 0. The molecule has 1 atom stereocenters. The average Bonchev–Trinajstić information content (AvgIpc) is 1.89. The molecule has 0 nitrogen and oxygen atoms in total. The molecule has 0 aromatic carbocycles. The van der Waals surface area contributed by atoms with Gasteiger partial charge in [0.2, 0.25) is 0 Å². The lowest BCUT2D eigenvalue weighted by Crippen LogP contribution is -2.14. The molecule has 0 aliphatic rings. The Bertz CT molecular complexity index is 68.1. The van der Waals surface area contributed by atoms with Crippen LogP contribution >= 0.6 is 0 Å². The summed E-state index contributed by atoms with van der Waals surface area (Å²) in [6.45, 7) is 9.13. The van der Waals surface area contributed by atoms with Crippen LogP contribution in [0.1, 0.15) is 53.4 Å². The second-order valence-electron chi connectivity index (χ2n) is 3.37. The van der Waals surface area contributed by atoms with Gasteiger partial charge in [-0.25, -0.2) is 0 Å². The molecule has 0 aliphatic carbocycles. The quantitative estimate of drug-likeness (QED) is 0.546. The van der Waals surface area contributed by atoms with E-state index < -0.39 is 0 Å². The second-order valence-corrected chi connectivity index (χ2v) is 3.37. The molecule has 0 aliphatic heterocycles.